The number of nitrogens with zero attached hydrogens (tertiary/aromatic N) is 1. The maximum Gasteiger partial charge on any atom is 0.245 e. The van der Waals surface area contributed by atoms with Crippen LogP contribution in [-0.2, 0) is 76.8 Å². The minimum absolute atomic E-state index is 0.0246. The number of likely N-dealkylation sites (tertiary alicyclic amines) is 1. The molecule has 0 radical (unpaired) electrons. The van der Waals surface area contributed by atoms with Crippen molar-refractivity contribution in [3.05, 3.63) is 102 Å². The van der Waals surface area contributed by atoms with E-state index in [9.17, 15) is 57.8 Å². The van der Waals surface area contributed by atoms with Gasteiger partial charge in [-0.05, 0) is 138 Å². The van der Waals surface area contributed by atoms with Gasteiger partial charge in [-0.15, -0.1) is 0 Å². The average Bonchev–Trinajstić information content (AvgIpc) is 1.78. The number of hydrogen-bond donors (Lipinski definition) is 25. The molecule has 38 nitrogen and oxygen atoms in total. The first-order valence-corrected chi connectivity index (χ1v) is 37.2. The number of carbonyl (C=O) groups is 12. The van der Waals surface area contributed by atoms with Crippen LogP contribution in [0.2, 0.25) is 0 Å². The quantitative estimate of drug-likeness (QED) is 0.0146. The maximum atomic E-state index is 15.0. The summed E-state index contributed by atoms with van der Waals surface area (Å²) in [5.41, 5.74) is 35.3. The van der Waals surface area contributed by atoms with E-state index in [-0.39, 0.29) is 146 Å². The summed E-state index contributed by atoms with van der Waals surface area (Å²) >= 11 is 0. The predicted molar refractivity (Wildman–Crippen MR) is 416 cm³/mol. The minimum atomic E-state index is -1.50. The monoisotopic (exact) mass is 1550 g/mol. The Morgan fingerprint density at radius 3 is 1.17 bits per heavy atom. The molecule has 1 aliphatic rings. The van der Waals surface area contributed by atoms with Crippen molar-refractivity contribution in [2.45, 2.75) is 203 Å². The number of primary amides is 1. The largest absolute Gasteiger partial charge is 0.508 e. The highest BCUT2D eigenvalue weighted by molar-refractivity contribution is 6.00. The fourth-order valence-electron chi connectivity index (χ4n) is 12.2. The molecule has 0 bridgehead atoms. The van der Waals surface area contributed by atoms with E-state index in [1.807, 2.05) is 0 Å². The molecule has 31 N–H and O–H groups in total. The molecule has 38 heteroatoms. The second-order valence-electron chi connectivity index (χ2n) is 27.7. The van der Waals surface area contributed by atoms with Crippen LogP contribution in [0, 0.1) is 27.6 Å². The van der Waals surface area contributed by atoms with Crippen LogP contribution in [0.4, 0.5) is 0 Å². The number of unbranched alkanes of at least 4 members (excludes halogenated alkanes) is 1. The molecule has 1 heterocycles. The van der Waals surface area contributed by atoms with E-state index >= 15 is 4.79 Å². The van der Waals surface area contributed by atoms with Gasteiger partial charge in [0.15, 0.2) is 23.8 Å². The molecule has 1 saturated heterocycles. The molecule has 4 rings (SSSR count). The Morgan fingerprint density at radius 1 is 0.423 bits per heavy atom. The van der Waals surface area contributed by atoms with Crippen molar-refractivity contribution in [1.29, 1.82) is 21.6 Å². The number of carbonyl (C=O) groups excluding carboxylic acids is 12. The number of nitrogens with two attached hydrogens (primary N) is 6. The van der Waals surface area contributed by atoms with Gasteiger partial charge in [0.2, 0.25) is 70.9 Å². The predicted octanol–water partition coefficient (Wildman–Crippen LogP) is -3.99. The number of benzene rings is 3. The van der Waals surface area contributed by atoms with E-state index in [1.165, 1.54) is 30.9 Å². The Kier molecular flexibility index (Phi) is 40.0. The SMILES string of the molecule is CC(=O)N[C@@H](Cc1ccc(O)cc1)C(=O)N[C@@H](Cc1ccccc1)C(=O)N[C@@H](Cc1ccccc1)C(=O)N[C@@H](CCCNC(=N)N)C(=O)N[C@@H](CC(C)C)C(=O)N[C@@H](CCCNC(=N)N)C(=O)N[C@@H](CCCNC(=N)N)C(=O)N[C@H](C)C(=O)N[C@@H](CCCNC(=N)N)C(=O)N1CCC[C@H]1C(=O)N[C@@H](CCCCN)C(N)=O. The molecule has 610 valence electrons. The van der Waals surface area contributed by atoms with Crippen LogP contribution in [0.25, 0.3) is 0 Å². The summed E-state index contributed by atoms with van der Waals surface area (Å²) in [6.07, 6.45) is 1.52. The second kappa shape index (κ2) is 48.5. The van der Waals surface area contributed by atoms with Gasteiger partial charge in [-0.1, -0.05) is 86.6 Å². The van der Waals surface area contributed by atoms with E-state index in [2.05, 4.69) is 74.4 Å². The highest BCUT2D eigenvalue weighted by Crippen LogP contribution is 2.22. The lowest BCUT2D eigenvalue weighted by atomic mass is 10.00. The zero-order valence-corrected chi connectivity index (χ0v) is 63.5. The molecule has 3 aromatic carbocycles. The highest BCUT2D eigenvalue weighted by Gasteiger charge is 2.40. The summed E-state index contributed by atoms with van der Waals surface area (Å²) in [6, 6.07) is 8.57. The number of guanidine groups is 4. The zero-order valence-electron chi connectivity index (χ0n) is 63.5. The van der Waals surface area contributed by atoms with Crippen molar-refractivity contribution >= 4 is 94.7 Å². The van der Waals surface area contributed by atoms with Crippen molar-refractivity contribution in [2.75, 3.05) is 39.3 Å². The van der Waals surface area contributed by atoms with Crippen molar-refractivity contribution in [3.63, 3.8) is 0 Å². The zero-order chi connectivity index (χ0) is 82.1. The number of aromatic hydroxyl groups is 1. The van der Waals surface area contributed by atoms with Crippen LogP contribution in [-0.4, -0.2) is 210 Å². The topological polar surface area (TPSA) is 648 Å². The molecule has 111 heavy (non-hydrogen) atoms. The van der Waals surface area contributed by atoms with Gasteiger partial charge < -0.3 is 119 Å². The van der Waals surface area contributed by atoms with Gasteiger partial charge in [0.05, 0.1) is 0 Å². The number of nitrogens with one attached hydrogen (secondary N) is 18. The third-order valence-corrected chi connectivity index (χ3v) is 17.9. The van der Waals surface area contributed by atoms with Gasteiger partial charge in [-0.2, -0.15) is 0 Å². The molecule has 11 atom stereocenters. The molecular weight excluding hydrogens is 1430 g/mol. The van der Waals surface area contributed by atoms with Gasteiger partial charge in [0.25, 0.3) is 0 Å². The number of hydrogen-bond acceptors (Lipinski definition) is 18. The van der Waals surface area contributed by atoms with Crippen molar-refractivity contribution < 1.29 is 62.6 Å². The average molecular weight is 1550 g/mol. The van der Waals surface area contributed by atoms with Crippen molar-refractivity contribution in [1.82, 2.24) is 79.3 Å². The third-order valence-electron chi connectivity index (χ3n) is 17.9. The Balaban J connectivity index is 1.66. The molecule has 1 fully saturated rings. The van der Waals surface area contributed by atoms with E-state index < -0.39 is 149 Å². The molecule has 1 aliphatic heterocycles. The third kappa shape index (κ3) is 34.9. The second-order valence-corrected chi connectivity index (χ2v) is 27.7. The lowest BCUT2D eigenvalue weighted by Crippen LogP contribution is -2.61. The molecule has 12 amide bonds. The van der Waals surface area contributed by atoms with E-state index in [1.54, 1.807) is 86.6 Å². The van der Waals surface area contributed by atoms with Crippen LogP contribution in [0.1, 0.15) is 134 Å². The molecular formula is C73H115N25O13. The van der Waals surface area contributed by atoms with Crippen LogP contribution in [0.15, 0.2) is 84.9 Å². The van der Waals surface area contributed by atoms with E-state index in [0.717, 1.165) is 0 Å². The van der Waals surface area contributed by atoms with Gasteiger partial charge in [-0.3, -0.25) is 79.2 Å². The summed E-state index contributed by atoms with van der Waals surface area (Å²) in [4.78, 5) is 172. The fourth-order valence-corrected chi connectivity index (χ4v) is 12.2. The number of amides is 12. The van der Waals surface area contributed by atoms with Crippen LogP contribution in [0.3, 0.4) is 0 Å². The Hall–Kier alpha value is -11.9. The van der Waals surface area contributed by atoms with Crippen molar-refractivity contribution in [2.24, 2.45) is 40.3 Å². The molecule has 0 aliphatic carbocycles. The lowest BCUT2D eigenvalue weighted by Gasteiger charge is -2.30. The Morgan fingerprint density at radius 2 is 0.775 bits per heavy atom. The first kappa shape index (κ1) is 91.5. The summed E-state index contributed by atoms with van der Waals surface area (Å²) in [5, 5.41) is 78.3. The first-order chi connectivity index (χ1) is 52.7. The van der Waals surface area contributed by atoms with E-state index in [0.29, 0.717) is 42.5 Å². The number of phenols is 1. The number of phenolic OH excluding ortho intramolecular Hbond substituents is 1. The number of rotatable bonds is 49. The molecule has 0 spiro atoms. The molecule has 0 aromatic heterocycles. The van der Waals surface area contributed by atoms with Gasteiger partial charge in [0.1, 0.15) is 72.2 Å². The standard InChI is InChI=1S/C73H115N25O13/c1-42(2)38-54(95-63(105)52(25-15-35-86-72(80)81)93-66(108)56(39-45-18-7-5-8-19-45)97-67(109)57(40-46-20-9-6-10-21-46)96-65(107)55(89-44(4)99)41-47-28-30-48(100)31-29-47)64(106)92-51(24-14-34-85-71(78)79)62(104)91-50(23-13-33-84-70(76)77)61(103)88-43(3)60(102)94-53(26-16-36-87-73(82)83)69(111)98-37-17-27-58(98)68(110)90-49(59(75)101)22-11-12-32-74/h5-10,18-21,28-31,42-43,49-58,100H,11-17,22-27,32-41,74H2,1-4H3,(H2,75,101)(H,88,103)(H,89,99)(H,90,110)(H,91,104)(H,92,106)(H,93,108)(H,94,102)(H,95,105)(H,96,107)(H,97,109)(H4,76,77,84)(H4,78,79,85)(H4,80,81,86)(H4,82,83,87)/t43-,49+,50+,51+,52+,53+,54+,55+,56+,57+,58+/m1/s1. The summed E-state index contributed by atoms with van der Waals surface area (Å²) < 4.78 is 0. The van der Waals surface area contributed by atoms with Gasteiger partial charge in [-0.25, -0.2) is 0 Å². The summed E-state index contributed by atoms with van der Waals surface area (Å²) in [7, 11) is 0. The highest BCUT2D eigenvalue weighted by atomic mass is 16.3. The van der Waals surface area contributed by atoms with Crippen LogP contribution in [0.5, 0.6) is 5.75 Å². The molecule has 3 aromatic rings. The Bertz CT molecular complexity index is 3610. The van der Waals surface area contributed by atoms with Crippen LogP contribution >= 0.6 is 0 Å². The molecule has 0 saturated carbocycles. The minimum Gasteiger partial charge on any atom is -0.508 e. The van der Waals surface area contributed by atoms with Crippen LogP contribution < -0.4 is 109 Å². The van der Waals surface area contributed by atoms with Crippen molar-refractivity contribution in [3.8, 4) is 5.75 Å². The molecule has 0 unspecified atom stereocenters. The van der Waals surface area contributed by atoms with Gasteiger partial charge in [0, 0.05) is 58.9 Å². The smallest absolute Gasteiger partial charge is 0.245 e. The first-order valence-electron chi connectivity index (χ1n) is 37.2. The maximum absolute atomic E-state index is 15.0. The lowest BCUT2D eigenvalue weighted by molar-refractivity contribution is -0.142. The van der Waals surface area contributed by atoms with Gasteiger partial charge >= 0.3 is 0 Å². The normalized spacial score (nSPS) is 15.0. The Labute approximate surface area is 646 Å². The summed E-state index contributed by atoms with van der Waals surface area (Å²) in [6.45, 7) is 6.74. The fraction of sp³-hybridized carbons (Fsp3) is 0.534. The van der Waals surface area contributed by atoms with E-state index in [4.69, 9.17) is 56.0 Å². The summed E-state index contributed by atoms with van der Waals surface area (Å²) in [5.74, 6) is -11.4.